The van der Waals surface area contributed by atoms with Gasteiger partial charge in [0.05, 0.1) is 0 Å². The Balaban J connectivity index is 1.93. The van der Waals surface area contributed by atoms with Gasteiger partial charge in [-0.15, -0.1) is 0 Å². The summed E-state index contributed by atoms with van der Waals surface area (Å²) in [6, 6.07) is 9.95. The predicted molar refractivity (Wildman–Crippen MR) is 76.1 cm³/mol. The van der Waals surface area contributed by atoms with E-state index in [4.69, 9.17) is 0 Å². The van der Waals surface area contributed by atoms with Crippen LogP contribution in [0.25, 0.3) is 0 Å². The normalized spacial score (nSPS) is 17.8. The number of nitrogens with one attached hydrogen (secondary N) is 1. The molecule has 0 aliphatic carbocycles. The summed E-state index contributed by atoms with van der Waals surface area (Å²) in [6.45, 7) is 3.07. The molecule has 0 radical (unpaired) electrons. The second-order valence-electron chi connectivity index (χ2n) is 4.71. The summed E-state index contributed by atoms with van der Waals surface area (Å²) < 4.78 is 27.7. The van der Waals surface area contributed by atoms with Crippen LogP contribution in [0, 0.1) is 0 Å². The van der Waals surface area contributed by atoms with Gasteiger partial charge in [-0.1, -0.05) is 30.3 Å². The molecule has 0 unspecified atom stereocenters. The number of rotatable bonds is 5. The van der Waals surface area contributed by atoms with Gasteiger partial charge in [0.25, 0.3) is 10.2 Å². The smallest absolute Gasteiger partial charge is 0.281 e. The van der Waals surface area contributed by atoms with E-state index in [1.807, 2.05) is 30.3 Å². The maximum Gasteiger partial charge on any atom is 0.281 e. The molecule has 1 aliphatic rings. The van der Waals surface area contributed by atoms with Crippen molar-refractivity contribution in [3.63, 3.8) is 0 Å². The number of likely N-dealkylation sites (N-methyl/N-ethyl adjacent to an activating group) is 1. The van der Waals surface area contributed by atoms with Crippen LogP contribution in [-0.4, -0.2) is 56.8 Å². The van der Waals surface area contributed by atoms with Gasteiger partial charge in [0, 0.05) is 39.8 Å². The molecule has 0 bridgehead atoms. The number of nitrogens with zero attached hydrogens (tertiary/aromatic N) is 2. The average Bonchev–Trinajstić information content (AvgIpc) is 2.46. The molecule has 0 aromatic heterocycles. The van der Waals surface area contributed by atoms with Gasteiger partial charge in [0.15, 0.2) is 0 Å². The highest BCUT2D eigenvalue weighted by Gasteiger charge is 2.27. The van der Waals surface area contributed by atoms with Crippen LogP contribution in [-0.2, 0) is 16.6 Å². The Morgan fingerprint density at radius 3 is 2.47 bits per heavy atom. The summed E-state index contributed by atoms with van der Waals surface area (Å²) in [5.74, 6) is 0. The second kappa shape index (κ2) is 6.47. The summed E-state index contributed by atoms with van der Waals surface area (Å²) >= 11 is 0. The molecular weight excluding hydrogens is 262 g/mol. The maximum atomic E-state index is 12.3. The quantitative estimate of drug-likeness (QED) is 0.846. The standard InChI is InChI=1S/C13H21N3O2S/c1-15(10-7-13-5-3-2-4-6-13)19(17,18)16-11-8-14-9-12-16/h2-6,14H,7-12H2,1H3. The van der Waals surface area contributed by atoms with Crippen LogP contribution in [0.5, 0.6) is 0 Å². The van der Waals surface area contributed by atoms with Crippen molar-refractivity contribution >= 4 is 10.2 Å². The molecule has 0 spiro atoms. The topological polar surface area (TPSA) is 52.7 Å². The molecular formula is C13H21N3O2S. The number of piperazine rings is 1. The molecule has 19 heavy (non-hydrogen) atoms. The molecule has 1 fully saturated rings. The van der Waals surface area contributed by atoms with Crippen LogP contribution in [0.1, 0.15) is 5.56 Å². The van der Waals surface area contributed by atoms with Crippen molar-refractivity contribution < 1.29 is 8.42 Å². The molecule has 2 rings (SSSR count). The van der Waals surface area contributed by atoms with Crippen LogP contribution in [0.4, 0.5) is 0 Å². The first kappa shape index (κ1) is 14.5. The van der Waals surface area contributed by atoms with E-state index in [1.54, 1.807) is 11.4 Å². The molecule has 5 nitrogen and oxygen atoms in total. The van der Waals surface area contributed by atoms with E-state index < -0.39 is 10.2 Å². The zero-order valence-electron chi connectivity index (χ0n) is 11.2. The maximum absolute atomic E-state index is 12.3. The molecule has 106 valence electrons. The summed E-state index contributed by atoms with van der Waals surface area (Å²) in [5.41, 5.74) is 1.16. The van der Waals surface area contributed by atoms with Gasteiger partial charge in [-0.3, -0.25) is 0 Å². The van der Waals surface area contributed by atoms with Crippen molar-refractivity contribution in [1.29, 1.82) is 0 Å². The Bertz CT molecular complexity index is 484. The fourth-order valence-corrected chi connectivity index (χ4v) is 3.48. The van der Waals surface area contributed by atoms with Crippen molar-refractivity contribution in [2.24, 2.45) is 0 Å². The van der Waals surface area contributed by atoms with E-state index in [0.717, 1.165) is 25.1 Å². The minimum absolute atomic E-state index is 0.510. The highest BCUT2D eigenvalue weighted by atomic mass is 32.2. The van der Waals surface area contributed by atoms with Gasteiger partial charge in [-0.05, 0) is 12.0 Å². The van der Waals surface area contributed by atoms with Gasteiger partial charge >= 0.3 is 0 Å². The van der Waals surface area contributed by atoms with Gasteiger partial charge in [-0.25, -0.2) is 0 Å². The molecule has 0 atom stereocenters. The minimum Gasteiger partial charge on any atom is -0.314 e. The third-order valence-electron chi connectivity index (χ3n) is 3.35. The van der Waals surface area contributed by atoms with Gasteiger partial charge in [0.1, 0.15) is 0 Å². The Hall–Kier alpha value is -0.950. The Morgan fingerprint density at radius 2 is 1.84 bits per heavy atom. The van der Waals surface area contributed by atoms with Crippen LogP contribution in [0.2, 0.25) is 0 Å². The molecule has 1 aromatic rings. The van der Waals surface area contributed by atoms with E-state index in [1.165, 1.54) is 4.31 Å². The minimum atomic E-state index is -3.31. The predicted octanol–water partition coefficient (Wildman–Crippen LogP) is 0.311. The molecule has 1 N–H and O–H groups in total. The van der Waals surface area contributed by atoms with Crippen LogP contribution in [0.15, 0.2) is 30.3 Å². The molecule has 1 heterocycles. The fraction of sp³-hybridized carbons (Fsp3) is 0.538. The zero-order valence-corrected chi connectivity index (χ0v) is 12.1. The Kier molecular flexibility index (Phi) is 4.93. The lowest BCUT2D eigenvalue weighted by molar-refractivity contribution is 0.327. The van der Waals surface area contributed by atoms with Crippen LogP contribution < -0.4 is 5.32 Å². The van der Waals surface area contributed by atoms with Crippen molar-refractivity contribution in [3.05, 3.63) is 35.9 Å². The van der Waals surface area contributed by atoms with E-state index in [0.29, 0.717) is 19.6 Å². The third-order valence-corrected chi connectivity index (χ3v) is 5.34. The van der Waals surface area contributed by atoms with E-state index >= 15 is 0 Å². The zero-order chi connectivity index (χ0) is 13.7. The molecule has 1 saturated heterocycles. The lowest BCUT2D eigenvalue weighted by Gasteiger charge is -2.30. The van der Waals surface area contributed by atoms with Gasteiger partial charge in [-0.2, -0.15) is 17.0 Å². The van der Waals surface area contributed by atoms with E-state index in [9.17, 15) is 8.42 Å². The third kappa shape index (κ3) is 3.76. The first-order valence-electron chi connectivity index (χ1n) is 6.57. The molecule has 1 aromatic carbocycles. The largest absolute Gasteiger partial charge is 0.314 e. The lowest BCUT2D eigenvalue weighted by Crippen LogP contribution is -2.51. The van der Waals surface area contributed by atoms with Crippen molar-refractivity contribution in [1.82, 2.24) is 13.9 Å². The fourth-order valence-electron chi connectivity index (χ4n) is 2.12. The van der Waals surface area contributed by atoms with Crippen molar-refractivity contribution in [2.45, 2.75) is 6.42 Å². The number of benzene rings is 1. The SMILES string of the molecule is CN(CCc1ccccc1)S(=O)(=O)N1CCNCC1. The Morgan fingerprint density at radius 1 is 1.21 bits per heavy atom. The average molecular weight is 283 g/mol. The lowest BCUT2D eigenvalue weighted by atomic mass is 10.2. The van der Waals surface area contributed by atoms with Gasteiger partial charge in [0.2, 0.25) is 0 Å². The van der Waals surface area contributed by atoms with Crippen molar-refractivity contribution in [2.75, 3.05) is 39.8 Å². The first-order valence-corrected chi connectivity index (χ1v) is 7.96. The summed E-state index contributed by atoms with van der Waals surface area (Å²) in [7, 11) is -1.65. The van der Waals surface area contributed by atoms with Gasteiger partial charge < -0.3 is 5.32 Å². The second-order valence-corrected chi connectivity index (χ2v) is 6.75. The highest BCUT2D eigenvalue weighted by Crippen LogP contribution is 2.09. The summed E-state index contributed by atoms with van der Waals surface area (Å²) in [6.07, 6.45) is 0.739. The van der Waals surface area contributed by atoms with Crippen LogP contribution >= 0.6 is 0 Å². The molecule has 6 heteroatoms. The monoisotopic (exact) mass is 283 g/mol. The molecule has 0 amide bonds. The van der Waals surface area contributed by atoms with E-state index in [-0.39, 0.29) is 0 Å². The number of hydrogen-bond donors (Lipinski definition) is 1. The molecule has 1 aliphatic heterocycles. The number of hydrogen-bond acceptors (Lipinski definition) is 3. The summed E-state index contributed by atoms with van der Waals surface area (Å²) in [5, 5.41) is 3.16. The summed E-state index contributed by atoms with van der Waals surface area (Å²) in [4.78, 5) is 0. The van der Waals surface area contributed by atoms with E-state index in [2.05, 4.69) is 5.32 Å². The highest BCUT2D eigenvalue weighted by molar-refractivity contribution is 7.86. The first-order chi connectivity index (χ1) is 9.10. The van der Waals surface area contributed by atoms with Crippen molar-refractivity contribution in [3.8, 4) is 0 Å². The van der Waals surface area contributed by atoms with Crippen LogP contribution in [0.3, 0.4) is 0 Å². The Labute approximate surface area is 115 Å². The molecule has 0 saturated carbocycles.